The molecule has 6 heteroatoms. The highest BCUT2D eigenvalue weighted by Gasteiger charge is 2.36. The molecule has 0 saturated carbocycles. The quantitative estimate of drug-likeness (QED) is 0.796. The topological polar surface area (TPSA) is 25.2 Å². The van der Waals surface area contributed by atoms with Crippen molar-refractivity contribution in [2.24, 2.45) is 0 Å². The number of alkyl halides is 3. The van der Waals surface area contributed by atoms with Crippen LogP contribution in [0, 0.1) is 0 Å². The van der Waals surface area contributed by atoms with Crippen LogP contribution in [0.5, 0.6) is 0 Å². The van der Waals surface area contributed by atoms with Gasteiger partial charge in [0.1, 0.15) is 5.76 Å². The number of hydrogen-bond acceptors (Lipinski definition) is 2. The zero-order valence-corrected chi connectivity index (χ0v) is 13.0. The number of furan rings is 1. The molecular weight excluding hydrogens is 347 g/mol. The summed E-state index contributed by atoms with van der Waals surface area (Å²) >= 11 is 3.32. The van der Waals surface area contributed by atoms with Crippen LogP contribution in [0.15, 0.2) is 45.5 Å². The molecular formula is C15H15BrF3NO. The van der Waals surface area contributed by atoms with Crippen molar-refractivity contribution in [2.75, 3.05) is 6.54 Å². The van der Waals surface area contributed by atoms with Gasteiger partial charge in [-0.1, -0.05) is 25.1 Å². The summed E-state index contributed by atoms with van der Waals surface area (Å²) in [7, 11) is 0. The number of rotatable bonds is 5. The Kier molecular flexibility index (Phi) is 5.11. The molecule has 2 aromatic rings. The molecule has 0 amide bonds. The van der Waals surface area contributed by atoms with Gasteiger partial charge in [0.25, 0.3) is 0 Å². The normalized spacial score (nSPS) is 13.4. The zero-order chi connectivity index (χ0) is 15.5. The predicted molar refractivity (Wildman–Crippen MR) is 78.0 cm³/mol. The molecule has 1 aromatic heterocycles. The Morgan fingerprint density at radius 3 is 2.52 bits per heavy atom. The summed E-state index contributed by atoms with van der Waals surface area (Å²) in [5.74, 6) is 0.445. The molecule has 0 aliphatic rings. The van der Waals surface area contributed by atoms with Crippen molar-refractivity contribution in [1.82, 2.24) is 5.32 Å². The van der Waals surface area contributed by atoms with Crippen LogP contribution in [0.25, 0.3) is 0 Å². The molecule has 2 nitrogen and oxygen atoms in total. The van der Waals surface area contributed by atoms with E-state index in [2.05, 4.69) is 21.2 Å². The van der Waals surface area contributed by atoms with Gasteiger partial charge in [-0.05, 0) is 46.6 Å². The van der Waals surface area contributed by atoms with Gasteiger partial charge in [0.05, 0.1) is 22.3 Å². The lowest BCUT2D eigenvalue weighted by Gasteiger charge is -2.21. The summed E-state index contributed by atoms with van der Waals surface area (Å²) in [6.45, 7) is 2.54. The molecule has 1 unspecified atom stereocenters. The third-order valence-corrected chi connectivity index (χ3v) is 3.74. The number of halogens is 4. The Morgan fingerprint density at radius 1 is 1.24 bits per heavy atom. The summed E-state index contributed by atoms with van der Waals surface area (Å²) in [5.41, 5.74) is -0.490. The Morgan fingerprint density at radius 2 is 1.95 bits per heavy atom. The van der Waals surface area contributed by atoms with Crippen molar-refractivity contribution in [1.29, 1.82) is 0 Å². The van der Waals surface area contributed by atoms with Crippen molar-refractivity contribution in [2.45, 2.75) is 25.6 Å². The molecule has 0 fully saturated rings. The van der Waals surface area contributed by atoms with E-state index in [0.717, 1.165) is 12.5 Å². The van der Waals surface area contributed by atoms with Crippen LogP contribution in [0.3, 0.4) is 0 Å². The highest BCUT2D eigenvalue weighted by atomic mass is 79.9. The smallest absolute Gasteiger partial charge is 0.416 e. The van der Waals surface area contributed by atoms with Crippen molar-refractivity contribution < 1.29 is 17.6 Å². The molecule has 1 heterocycles. The van der Waals surface area contributed by atoms with Crippen molar-refractivity contribution in [3.8, 4) is 0 Å². The van der Waals surface area contributed by atoms with Gasteiger partial charge < -0.3 is 9.73 Å². The molecule has 1 aromatic carbocycles. The highest BCUT2D eigenvalue weighted by Crippen LogP contribution is 2.38. The molecule has 0 saturated heterocycles. The summed E-state index contributed by atoms with van der Waals surface area (Å²) in [4.78, 5) is 0. The van der Waals surface area contributed by atoms with E-state index in [-0.39, 0.29) is 5.56 Å². The first kappa shape index (κ1) is 16.1. The SMILES string of the molecule is CCCNC(c1ccccc1C(F)(F)F)c1occc1Br. The first-order valence-corrected chi connectivity index (χ1v) is 7.36. The van der Waals surface area contributed by atoms with Gasteiger partial charge in [-0.2, -0.15) is 13.2 Å². The third-order valence-electron chi connectivity index (χ3n) is 3.08. The Balaban J connectivity index is 2.50. The second-order valence-corrected chi connectivity index (χ2v) is 5.46. The van der Waals surface area contributed by atoms with Crippen LogP contribution in [-0.2, 0) is 6.18 Å². The maximum Gasteiger partial charge on any atom is 0.416 e. The van der Waals surface area contributed by atoms with E-state index < -0.39 is 17.8 Å². The second kappa shape index (κ2) is 6.66. The van der Waals surface area contributed by atoms with E-state index in [4.69, 9.17) is 4.42 Å². The summed E-state index contributed by atoms with van der Waals surface area (Å²) in [5, 5.41) is 3.12. The molecule has 0 radical (unpaired) electrons. The average Bonchev–Trinajstić information content (AvgIpc) is 2.85. The van der Waals surface area contributed by atoms with Crippen LogP contribution in [0.2, 0.25) is 0 Å². The van der Waals surface area contributed by atoms with Gasteiger partial charge in [0.2, 0.25) is 0 Å². The third kappa shape index (κ3) is 3.68. The zero-order valence-electron chi connectivity index (χ0n) is 11.4. The maximum atomic E-state index is 13.2. The molecule has 0 aliphatic heterocycles. The lowest BCUT2D eigenvalue weighted by Crippen LogP contribution is -2.25. The number of hydrogen-bond donors (Lipinski definition) is 1. The maximum absolute atomic E-state index is 13.2. The van der Waals surface area contributed by atoms with E-state index in [0.29, 0.717) is 16.8 Å². The number of benzene rings is 1. The standard InChI is InChI=1S/C15H15BrF3NO/c1-2-8-20-13(14-12(16)7-9-21-14)10-5-3-4-6-11(10)15(17,18)19/h3-7,9,13,20H,2,8H2,1H3. The summed E-state index contributed by atoms with van der Waals surface area (Å²) in [6, 6.07) is 6.58. The van der Waals surface area contributed by atoms with Crippen molar-refractivity contribution in [3.05, 3.63) is 58.0 Å². The lowest BCUT2D eigenvalue weighted by atomic mass is 9.98. The summed E-state index contributed by atoms with van der Waals surface area (Å²) < 4.78 is 45.6. The van der Waals surface area contributed by atoms with E-state index >= 15 is 0 Å². The van der Waals surface area contributed by atoms with Crippen LogP contribution in [0.1, 0.15) is 36.3 Å². The van der Waals surface area contributed by atoms with Gasteiger partial charge in [0.15, 0.2) is 0 Å². The van der Waals surface area contributed by atoms with Gasteiger partial charge in [-0.15, -0.1) is 0 Å². The fourth-order valence-corrected chi connectivity index (χ4v) is 2.58. The van der Waals surface area contributed by atoms with E-state index in [1.165, 1.54) is 18.4 Å². The molecule has 114 valence electrons. The van der Waals surface area contributed by atoms with Gasteiger partial charge in [-0.3, -0.25) is 0 Å². The molecule has 0 spiro atoms. The highest BCUT2D eigenvalue weighted by molar-refractivity contribution is 9.10. The Hall–Kier alpha value is -1.27. The van der Waals surface area contributed by atoms with E-state index in [1.807, 2.05) is 6.92 Å². The van der Waals surface area contributed by atoms with Gasteiger partial charge >= 0.3 is 6.18 Å². The van der Waals surface area contributed by atoms with E-state index in [9.17, 15) is 13.2 Å². The van der Waals surface area contributed by atoms with Crippen molar-refractivity contribution >= 4 is 15.9 Å². The Bertz CT molecular complexity index is 595. The first-order chi connectivity index (χ1) is 9.95. The minimum Gasteiger partial charge on any atom is -0.466 e. The monoisotopic (exact) mass is 361 g/mol. The Labute approximate surface area is 129 Å². The number of nitrogens with one attached hydrogen (secondary N) is 1. The molecule has 2 rings (SSSR count). The average molecular weight is 362 g/mol. The van der Waals surface area contributed by atoms with E-state index in [1.54, 1.807) is 12.1 Å². The first-order valence-electron chi connectivity index (χ1n) is 6.57. The predicted octanol–water partition coefficient (Wildman–Crippen LogP) is 5.15. The van der Waals surface area contributed by atoms with Crippen LogP contribution >= 0.6 is 15.9 Å². The molecule has 21 heavy (non-hydrogen) atoms. The van der Waals surface area contributed by atoms with Crippen molar-refractivity contribution in [3.63, 3.8) is 0 Å². The summed E-state index contributed by atoms with van der Waals surface area (Å²) in [6.07, 6.45) is -2.14. The minimum absolute atomic E-state index is 0.161. The largest absolute Gasteiger partial charge is 0.466 e. The molecule has 0 aliphatic carbocycles. The van der Waals surface area contributed by atoms with Crippen LogP contribution in [-0.4, -0.2) is 6.54 Å². The van der Waals surface area contributed by atoms with Crippen LogP contribution in [0.4, 0.5) is 13.2 Å². The second-order valence-electron chi connectivity index (χ2n) is 4.60. The fourth-order valence-electron chi connectivity index (χ4n) is 2.15. The van der Waals surface area contributed by atoms with Crippen LogP contribution < -0.4 is 5.32 Å². The van der Waals surface area contributed by atoms with Gasteiger partial charge in [0, 0.05) is 0 Å². The molecule has 0 bridgehead atoms. The molecule has 1 atom stereocenters. The molecule has 1 N–H and O–H groups in total. The lowest BCUT2D eigenvalue weighted by molar-refractivity contribution is -0.138. The fraction of sp³-hybridized carbons (Fsp3) is 0.333. The minimum atomic E-state index is -4.40. The van der Waals surface area contributed by atoms with Gasteiger partial charge in [-0.25, -0.2) is 0 Å².